The van der Waals surface area contributed by atoms with E-state index in [-0.39, 0.29) is 0 Å². The monoisotopic (exact) mass is 374 g/mol. The van der Waals surface area contributed by atoms with E-state index in [4.69, 9.17) is 0 Å². The molecule has 0 N–H and O–H groups in total. The second-order valence-electron chi connectivity index (χ2n) is 7.33. The van der Waals surface area contributed by atoms with Crippen molar-refractivity contribution in [3.8, 4) is 0 Å². The Bertz CT molecular complexity index is 155. The van der Waals surface area contributed by atoms with Gasteiger partial charge in [0, 0.05) is 0 Å². The molecular weight excluding hydrogens is 331 g/mol. The van der Waals surface area contributed by atoms with Crippen LogP contribution in [0.4, 0.5) is 0 Å². The van der Waals surface area contributed by atoms with Gasteiger partial charge in [-0.1, -0.05) is 0 Å². The van der Waals surface area contributed by atoms with Gasteiger partial charge in [-0.15, -0.1) is 0 Å². The molecule has 0 radical (unpaired) electrons. The van der Waals surface area contributed by atoms with Crippen LogP contribution in [-0.4, -0.2) is 0 Å². The molecular formula is C20H44Zr. The summed E-state index contributed by atoms with van der Waals surface area (Å²) < 4.78 is 6.89. The number of rotatable bonds is 16. The van der Waals surface area contributed by atoms with Gasteiger partial charge in [0.2, 0.25) is 0 Å². The Morgan fingerprint density at radius 2 is 0.619 bits per heavy atom. The predicted octanol–water partition coefficient (Wildman–Crippen LogP) is 8.57. The Labute approximate surface area is 141 Å². The van der Waals surface area contributed by atoms with Crippen molar-refractivity contribution in [1.29, 1.82) is 0 Å². The molecule has 0 aromatic heterocycles. The fourth-order valence-corrected chi connectivity index (χ4v) is 17.3. The van der Waals surface area contributed by atoms with Gasteiger partial charge in [-0.05, 0) is 0 Å². The second-order valence-corrected chi connectivity index (χ2v) is 19.6. The van der Waals surface area contributed by atoms with Gasteiger partial charge < -0.3 is 0 Å². The predicted molar refractivity (Wildman–Crippen MR) is 97.3 cm³/mol. The summed E-state index contributed by atoms with van der Waals surface area (Å²) in [5.74, 6) is 0. The average molecular weight is 376 g/mol. The summed E-state index contributed by atoms with van der Waals surface area (Å²) in [5.41, 5.74) is 0. The minimum atomic E-state index is -1.79. The zero-order chi connectivity index (χ0) is 15.8. The van der Waals surface area contributed by atoms with Crippen molar-refractivity contribution in [2.24, 2.45) is 0 Å². The van der Waals surface area contributed by atoms with Gasteiger partial charge in [-0.3, -0.25) is 0 Å². The van der Waals surface area contributed by atoms with Crippen LogP contribution in [0.2, 0.25) is 16.5 Å². The van der Waals surface area contributed by atoms with E-state index in [1.807, 2.05) is 0 Å². The SMILES string of the molecule is CCCC[CH2][Zr]([CH2]CCCC)([CH2]CCCC)[CH2]CCCC. The van der Waals surface area contributed by atoms with Crippen molar-refractivity contribution in [2.45, 2.75) is 121 Å². The Kier molecular flexibility index (Phi) is 16.4. The molecule has 0 rings (SSSR count). The molecule has 1 heteroatoms. The van der Waals surface area contributed by atoms with Crippen LogP contribution >= 0.6 is 0 Å². The van der Waals surface area contributed by atoms with Crippen LogP contribution in [0.5, 0.6) is 0 Å². The van der Waals surface area contributed by atoms with E-state index in [1.165, 1.54) is 51.4 Å². The van der Waals surface area contributed by atoms with Crippen molar-refractivity contribution >= 4 is 0 Å². The standard InChI is InChI=1S/4C5H11.Zr/c4*1-3-5-4-2;/h4*1,3-5H2,2H3;. The molecule has 0 aliphatic rings. The van der Waals surface area contributed by atoms with Gasteiger partial charge in [0.15, 0.2) is 0 Å². The Morgan fingerprint density at radius 3 is 0.810 bits per heavy atom. The fraction of sp³-hybridized carbons (Fsp3) is 1.00. The molecule has 0 fully saturated rings. The van der Waals surface area contributed by atoms with Gasteiger partial charge in [0.25, 0.3) is 0 Å². The van der Waals surface area contributed by atoms with Crippen molar-refractivity contribution in [2.75, 3.05) is 0 Å². The molecule has 0 unspecified atom stereocenters. The maximum atomic E-state index is 2.36. The zero-order valence-electron chi connectivity index (χ0n) is 15.8. The van der Waals surface area contributed by atoms with Gasteiger partial charge in [0.1, 0.15) is 0 Å². The molecule has 0 aliphatic carbocycles. The van der Waals surface area contributed by atoms with Crippen molar-refractivity contribution < 1.29 is 20.3 Å². The molecule has 128 valence electrons. The molecule has 0 atom stereocenters. The Balaban J connectivity index is 4.52. The molecule has 0 saturated carbocycles. The molecule has 0 heterocycles. The summed E-state index contributed by atoms with van der Waals surface area (Å²) in [6.45, 7) is 9.45. The van der Waals surface area contributed by atoms with Crippen LogP contribution in [0.1, 0.15) is 105 Å². The maximum absolute atomic E-state index is 2.36. The zero-order valence-corrected chi connectivity index (χ0v) is 18.3. The summed E-state index contributed by atoms with van der Waals surface area (Å²) in [7, 11) is 0. The van der Waals surface area contributed by atoms with Crippen molar-refractivity contribution in [3.63, 3.8) is 0 Å². The van der Waals surface area contributed by atoms with Gasteiger partial charge in [0.05, 0.1) is 0 Å². The van der Waals surface area contributed by atoms with Crippen LogP contribution in [0, 0.1) is 0 Å². The van der Waals surface area contributed by atoms with Gasteiger partial charge in [-0.25, -0.2) is 0 Å². The normalized spacial score (nSPS) is 12.0. The first kappa shape index (κ1) is 21.9. The summed E-state index contributed by atoms with van der Waals surface area (Å²) in [6.07, 6.45) is 17.9. The first-order valence-electron chi connectivity index (χ1n) is 10.2. The van der Waals surface area contributed by atoms with E-state index in [9.17, 15) is 0 Å². The topological polar surface area (TPSA) is 0 Å². The van der Waals surface area contributed by atoms with E-state index in [0.29, 0.717) is 0 Å². The second kappa shape index (κ2) is 15.8. The van der Waals surface area contributed by atoms with E-state index in [1.54, 1.807) is 42.2 Å². The number of unbranched alkanes of at least 4 members (excludes halogenated alkanes) is 8. The third-order valence-corrected chi connectivity index (χ3v) is 19.1. The molecule has 0 saturated heterocycles. The number of hydrogen-bond acceptors (Lipinski definition) is 0. The van der Waals surface area contributed by atoms with Gasteiger partial charge >= 0.3 is 142 Å². The first-order chi connectivity index (χ1) is 10.2. The van der Waals surface area contributed by atoms with Crippen LogP contribution in [0.25, 0.3) is 0 Å². The third-order valence-electron chi connectivity index (χ3n) is 5.24. The fourth-order valence-electron chi connectivity index (χ4n) is 3.75. The summed E-state index contributed by atoms with van der Waals surface area (Å²) in [6, 6.07) is 0. The summed E-state index contributed by atoms with van der Waals surface area (Å²) in [4.78, 5) is 0. The Morgan fingerprint density at radius 1 is 0.381 bits per heavy atom. The minimum absolute atomic E-state index is 1.40. The molecule has 0 spiro atoms. The van der Waals surface area contributed by atoms with Crippen LogP contribution in [-0.2, 0) is 20.3 Å². The quantitative estimate of drug-likeness (QED) is 0.237. The van der Waals surface area contributed by atoms with E-state index in [2.05, 4.69) is 27.7 Å². The van der Waals surface area contributed by atoms with Crippen LogP contribution in [0.15, 0.2) is 0 Å². The van der Waals surface area contributed by atoms with Crippen LogP contribution < -0.4 is 0 Å². The molecule has 0 aromatic carbocycles. The first-order valence-corrected chi connectivity index (χ1v) is 17.2. The van der Waals surface area contributed by atoms with E-state index < -0.39 is 20.3 Å². The molecule has 0 amide bonds. The summed E-state index contributed by atoms with van der Waals surface area (Å²) >= 11 is -1.79. The molecule has 21 heavy (non-hydrogen) atoms. The number of hydrogen-bond donors (Lipinski definition) is 0. The molecule has 0 aromatic rings. The van der Waals surface area contributed by atoms with Crippen LogP contribution in [0.3, 0.4) is 0 Å². The third kappa shape index (κ3) is 12.0. The van der Waals surface area contributed by atoms with E-state index >= 15 is 0 Å². The molecule has 0 bridgehead atoms. The molecule has 0 aliphatic heterocycles. The van der Waals surface area contributed by atoms with E-state index in [0.717, 1.165) is 0 Å². The van der Waals surface area contributed by atoms with Crippen molar-refractivity contribution in [1.82, 2.24) is 0 Å². The van der Waals surface area contributed by atoms with Gasteiger partial charge in [-0.2, -0.15) is 0 Å². The summed E-state index contributed by atoms with van der Waals surface area (Å²) in [5, 5.41) is 0. The molecule has 0 nitrogen and oxygen atoms in total. The van der Waals surface area contributed by atoms with Crippen molar-refractivity contribution in [3.05, 3.63) is 0 Å². The average Bonchev–Trinajstić information content (AvgIpc) is 2.48. The Hall–Kier alpha value is 0.883.